The fourth-order valence-electron chi connectivity index (χ4n) is 5.63. The Hall–Kier alpha value is -5.66. The Morgan fingerprint density at radius 3 is 1.77 bits per heavy atom. The average Bonchev–Trinajstić information content (AvgIpc) is 3.67. The van der Waals surface area contributed by atoms with Gasteiger partial charge in [-0.3, -0.25) is 14.4 Å². The lowest BCUT2D eigenvalue weighted by Crippen LogP contribution is -2.59. The molecule has 5 aromatic rings. The van der Waals surface area contributed by atoms with Gasteiger partial charge in [0.05, 0.1) is 12.1 Å². The first-order chi connectivity index (χ1) is 23.0. The number of phenols is 1. The lowest BCUT2D eigenvalue weighted by Gasteiger charge is -2.26. The topological polar surface area (TPSA) is 223 Å². The van der Waals surface area contributed by atoms with E-state index < -0.39 is 54.0 Å². The number of amides is 3. The van der Waals surface area contributed by atoms with Crippen molar-refractivity contribution in [3.05, 3.63) is 102 Å². The predicted octanol–water partition coefficient (Wildman–Crippen LogP) is 1.63. The molecule has 3 amide bonds. The molecule has 2 aromatic heterocycles. The van der Waals surface area contributed by atoms with Crippen LogP contribution in [0.4, 0.5) is 0 Å². The van der Waals surface area contributed by atoms with Gasteiger partial charge >= 0.3 is 5.97 Å². The molecule has 0 aliphatic carbocycles. The number of aromatic hydroxyl groups is 1. The average molecular weight is 655 g/mol. The minimum absolute atomic E-state index is 0.00942. The molecule has 0 saturated heterocycles. The number of aliphatic hydroxyl groups is 1. The SMILES string of the molecule is CC(O)C(NC(=O)C(Cc1c[nH]c2ccccc12)NC(=O)C(Cc1ccc(O)cc1)NC(=O)C(N)Cc1c[nH]c2ccccc12)C(=O)O. The molecule has 5 atom stereocenters. The van der Waals surface area contributed by atoms with Crippen molar-refractivity contribution in [1.82, 2.24) is 25.9 Å². The van der Waals surface area contributed by atoms with Crippen LogP contribution in [0.25, 0.3) is 21.8 Å². The molecule has 0 bridgehead atoms. The van der Waals surface area contributed by atoms with Gasteiger partial charge in [0.15, 0.2) is 6.04 Å². The second-order valence-electron chi connectivity index (χ2n) is 11.8. The van der Waals surface area contributed by atoms with Gasteiger partial charge in [-0.05, 0) is 54.3 Å². The van der Waals surface area contributed by atoms with Crippen LogP contribution < -0.4 is 21.7 Å². The molecule has 250 valence electrons. The van der Waals surface area contributed by atoms with Crippen LogP contribution in [0.3, 0.4) is 0 Å². The molecule has 3 aromatic carbocycles. The van der Waals surface area contributed by atoms with Crippen molar-refractivity contribution in [3.63, 3.8) is 0 Å². The Balaban J connectivity index is 1.39. The standard InChI is InChI=1S/C35H38N6O7/c1-19(42)31(35(47)48)41-34(46)30(16-22-18-38-28-9-5-3-7-25(22)28)40-33(45)29(14-20-10-12-23(43)13-11-20)39-32(44)26(36)15-21-17-37-27-8-4-2-6-24(21)27/h2-13,17-19,26,29-31,37-38,42-43H,14-16,36H2,1H3,(H,39,44)(H,40,45)(H,41,46)(H,47,48). The van der Waals surface area contributed by atoms with E-state index in [4.69, 9.17) is 5.73 Å². The number of benzene rings is 3. The third kappa shape index (κ3) is 8.00. The number of para-hydroxylation sites is 2. The number of carboxylic acid groups (broad SMARTS) is 1. The molecule has 0 spiro atoms. The van der Waals surface area contributed by atoms with E-state index in [0.29, 0.717) is 11.1 Å². The fraction of sp³-hybridized carbons (Fsp3) is 0.257. The molecule has 0 saturated carbocycles. The summed E-state index contributed by atoms with van der Waals surface area (Å²) in [5.41, 5.74) is 10.1. The number of rotatable bonds is 14. The highest BCUT2D eigenvalue weighted by molar-refractivity contribution is 5.95. The van der Waals surface area contributed by atoms with Crippen molar-refractivity contribution in [1.29, 1.82) is 0 Å². The Labute approximate surface area is 275 Å². The van der Waals surface area contributed by atoms with Crippen LogP contribution in [0.2, 0.25) is 0 Å². The third-order valence-corrected chi connectivity index (χ3v) is 8.24. The van der Waals surface area contributed by atoms with Gasteiger partial charge in [0.25, 0.3) is 0 Å². The first-order valence-electron chi connectivity index (χ1n) is 15.5. The van der Waals surface area contributed by atoms with Gasteiger partial charge in [-0.2, -0.15) is 0 Å². The first kappa shape index (κ1) is 33.7. The molecule has 0 radical (unpaired) electrons. The van der Waals surface area contributed by atoms with Gasteiger partial charge in [0, 0.05) is 47.0 Å². The number of nitrogens with one attached hydrogen (secondary N) is 5. The van der Waals surface area contributed by atoms with Gasteiger partial charge in [-0.25, -0.2) is 4.79 Å². The summed E-state index contributed by atoms with van der Waals surface area (Å²) < 4.78 is 0. The van der Waals surface area contributed by atoms with E-state index in [9.17, 15) is 34.5 Å². The van der Waals surface area contributed by atoms with E-state index >= 15 is 0 Å². The van der Waals surface area contributed by atoms with Gasteiger partial charge in [0.1, 0.15) is 17.8 Å². The lowest BCUT2D eigenvalue weighted by molar-refractivity contribution is -0.145. The maximum absolute atomic E-state index is 14.0. The summed E-state index contributed by atoms with van der Waals surface area (Å²) in [6.07, 6.45) is 2.20. The summed E-state index contributed by atoms with van der Waals surface area (Å²) in [6, 6.07) is 15.9. The van der Waals surface area contributed by atoms with Gasteiger partial charge in [-0.15, -0.1) is 0 Å². The lowest BCUT2D eigenvalue weighted by atomic mass is 10.0. The number of carbonyl (C=O) groups excluding carboxylic acids is 3. The number of carbonyl (C=O) groups is 4. The third-order valence-electron chi connectivity index (χ3n) is 8.24. The molecule has 13 nitrogen and oxygen atoms in total. The number of hydrogen-bond donors (Lipinski definition) is 9. The highest BCUT2D eigenvalue weighted by Gasteiger charge is 2.33. The summed E-state index contributed by atoms with van der Waals surface area (Å²) in [4.78, 5) is 59.0. The minimum Gasteiger partial charge on any atom is -0.508 e. The van der Waals surface area contributed by atoms with E-state index in [0.717, 1.165) is 27.4 Å². The second-order valence-corrected chi connectivity index (χ2v) is 11.8. The number of carboxylic acids is 1. The van der Waals surface area contributed by atoms with Gasteiger partial charge < -0.3 is 47.0 Å². The molecule has 5 unspecified atom stereocenters. The van der Waals surface area contributed by atoms with Gasteiger partial charge in [0.2, 0.25) is 17.7 Å². The van der Waals surface area contributed by atoms with Crippen LogP contribution in [-0.2, 0) is 38.4 Å². The molecule has 0 fully saturated rings. The molecule has 0 aliphatic heterocycles. The van der Waals surface area contributed by atoms with E-state index in [1.54, 1.807) is 24.5 Å². The number of aliphatic carboxylic acids is 1. The van der Waals surface area contributed by atoms with Crippen LogP contribution in [0.15, 0.2) is 85.2 Å². The number of nitrogens with two attached hydrogens (primary N) is 1. The number of phenolic OH excluding ortho intramolecular Hbond substituents is 1. The number of aromatic nitrogens is 2. The molecule has 48 heavy (non-hydrogen) atoms. The predicted molar refractivity (Wildman–Crippen MR) is 179 cm³/mol. The summed E-state index contributed by atoms with van der Waals surface area (Å²) in [7, 11) is 0. The minimum atomic E-state index is -1.63. The van der Waals surface area contributed by atoms with E-state index in [1.807, 2.05) is 48.5 Å². The Morgan fingerprint density at radius 1 is 0.708 bits per heavy atom. The largest absolute Gasteiger partial charge is 0.508 e. The van der Waals surface area contributed by atoms with Crippen LogP contribution in [-0.4, -0.2) is 79.2 Å². The zero-order chi connectivity index (χ0) is 34.4. The summed E-state index contributed by atoms with van der Waals surface area (Å²) >= 11 is 0. The normalized spacial score (nSPS) is 14.5. The van der Waals surface area contributed by atoms with Gasteiger partial charge in [-0.1, -0.05) is 48.5 Å². The molecule has 10 N–H and O–H groups in total. The van der Waals surface area contributed by atoms with Crippen molar-refractivity contribution in [2.24, 2.45) is 5.73 Å². The zero-order valence-electron chi connectivity index (χ0n) is 26.1. The van der Waals surface area contributed by atoms with Crippen LogP contribution in [0.5, 0.6) is 5.75 Å². The summed E-state index contributed by atoms with van der Waals surface area (Å²) in [5, 5.41) is 38.8. The highest BCUT2D eigenvalue weighted by Crippen LogP contribution is 2.21. The molecule has 13 heteroatoms. The monoisotopic (exact) mass is 654 g/mol. The number of hydrogen-bond acceptors (Lipinski definition) is 7. The van der Waals surface area contributed by atoms with Crippen molar-refractivity contribution >= 4 is 45.5 Å². The Kier molecular flexibility index (Phi) is 10.4. The van der Waals surface area contributed by atoms with Crippen molar-refractivity contribution in [2.75, 3.05) is 0 Å². The second kappa shape index (κ2) is 14.8. The van der Waals surface area contributed by atoms with Crippen molar-refractivity contribution < 1.29 is 34.5 Å². The smallest absolute Gasteiger partial charge is 0.328 e. The maximum atomic E-state index is 14.0. The molecular weight excluding hydrogens is 616 g/mol. The molecule has 5 rings (SSSR count). The quantitative estimate of drug-likeness (QED) is 0.0854. The number of H-pyrrole nitrogens is 2. The Bertz CT molecular complexity index is 1920. The van der Waals surface area contributed by atoms with Crippen LogP contribution in [0.1, 0.15) is 23.6 Å². The zero-order valence-corrected chi connectivity index (χ0v) is 26.1. The molecule has 2 heterocycles. The summed E-state index contributed by atoms with van der Waals surface area (Å²) in [5.74, 6) is -3.59. The Morgan fingerprint density at radius 2 is 1.21 bits per heavy atom. The number of aromatic amines is 2. The van der Waals surface area contributed by atoms with E-state index in [2.05, 4.69) is 25.9 Å². The fourth-order valence-corrected chi connectivity index (χ4v) is 5.63. The van der Waals surface area contributed by atoms with Crippen molar-refractivity contribution in [3.8, 4) is 5.75 Å². The highest BCUT2D eigenvalue weighted by atomic mass is 16.4. The number of aliphatic hydroxyl groups excluding tert-OH is 1. The van der Waals surface area contributed by atoms with Crippen LogP contribution >= 0.6 is 0 Å². The van der Waals surface area contributed by atoms with Crippen molar-refractivity contribution in [2.45, 2.75) is 56.5 Å². The molecular formula is C35H38N6O7. The number of fused-ring (bicyclic) bond motifs is 2. The van der Waals surface area contributed by atoms with E-state index in [-0.39, 0.29) is 25.0 Å². The van der Waals surface area contributed by atoms with E-state index in [1.165, 1.54) is 19.1 Å². The molecule has 0 aliphatic rings. The first-order valence-corrected chi connectivity index (χ1v) is 15.5. The summed E-state index contributed by atoms with van der Waals surface area (Å²) in [6.45, 7) is 1.23. The maximum Gasteiger partial charge on any atom is 0.328 e. The van der Waals surface area contributed by atoms with Crippen LogP contribution in [0, 0.1) is 0 Å².